The Morgan fingerprint density at radius 2 is 2.00 bits per heavy atom. The van der Waals surface area contributed by atoms with E-state index >= 15 is 0 Å². The van der Waals surface area contributed by atoms with Crippen LogP contribution in [0.1, 0.15) is 31.1 Å². The van der Waals surface area contributed by atoms with Crippen LogP contribution in [0.15, 0.2) is 47.7 Å². The molecule has 4 heterocycles. The Bertz CT molecular complexity index is 1310. The van der Waals surface area contributed by atoms with Gasteiger partial charge >= 0.3 is 0 Å². The van der Waals surface area contributed by atoms with Crippen molar-refractivity contribution in [1.82, 2.24) is 29.8 Å². The fourth-order valence-corrected chi connectivity index (χ4v) is 4.63. The lowest BCUT2D eigenvalue weighted by Gasteiger charge is -2.22. The van der Waals surface area contributed by atoms with Crippen LogP contribution in [0, 0.1) is 0 Å². The molecule has 1 fully saturated rings. The van der Waals surface area contributed by atoms with Crippen molar-refractivity contribution in [2.75, 3.05) is 25.0 Å². The van der Waals surface area contributed by atoms with Gasteiger partial charge in [0.05, 0.1) is 21.4 Å². The minimum atomic E-state index is -0.0587. The molecule has 1 aliphatic rings. The largest absolute Gasteiger partial charge is 0.368 e. The number of nitrogens with zero attached hydrogens (tertiary/aromatic N) is 5. The summed E-state index contributed by atoms with van der Waals surface area (Å²) >= 11 is 6.40. The van der Waals surface area contributed by atoms with Gasteiger partial charge in [-0.05, 0) is 56.6 Å². The highest BCUT2D eigenvalue weighted by Gasteiger charge is 2.21. The smallest absolute Gasteiger partial charge is 0.263 e. The van der Waals surface area contributed by atoms with Crippen LogP contribution in [0.4, 0.5) is 5.82 Å². The van der Waals surface area contributed by atoms with Crippen LogP contribution in [-0.4, -0.2) is 44.1 Å². The number of hydrogen-bond donors (Lipinski definition) is 2. The zero-order valence-electron chi connectivity index (χ0n) is 17.6. The highest BCUT2D eigenvalue weighted by Crippen LogP contribution is 2.24. The average molecular weight is 450 g/mol. The lowest BCUT2D eigenvalue weighted by atomic mass is 10.1. The van der Waals surface area contributed by atoms with Crippen LogP contribution in [0.25, 0.3) is 21.9 Å². The molecule has 4 aromatic rings. The second kappa shape index (κ2) is 9.18. The highest BCUT2D eigenvalue weighted by atomic mass is 35.5. The van der Waals surface area contributed by atoms with Gasteiger partial charge < -0.3 is 10.6 Å². The van der Waals surface area contributed by atoms with E-state index in [1.165, 1.54) is 6.33 Å². The predicted octanol–water partition coefficient (Wildman–Crippen LogP) is 3.36. The van der Waals surface area contributed by atoms with Gasteiger partial charge in [0.2, 0.25) is 0 Å². The molecule has 0 amide bonds. The molecule has 1 atom stereocenters. The van der Waals surface area contributed by atoms with Crippen molar-refractivity contribution in [3.8, 4) is 0 Å². The van der Waals surface area contributed by atoms with Gasteiger partial charge in [-0.25, -0.2) is 15.0 Å². The Labute approximate surface area is 190 Å². The number of pyridine rings is 1. The maximum absolute atomic E-state index is 13.6. The number of fused-ring (bicyclic) bond motifs is 2. The van der Waals surface area contributed by atoms with Gasteiger partial charge in [-0.3, -0.25) is 14.3 Å². The van der Waals surface area contributed by atoms with Crippen LogP contribution in [0.3, 0.4) is 0 Å². The van der Waals surface area contributed by atoms with Crippen molar-refractivity contribution < 1.29 is 0 Å². The molecule has 1 saturated heterocycles. The summed E-state index contributed by atoms with van der Waals surface area (Å²) in [6, 6.07) is 9.28. The Kier molecular flexibility index (Phi) is 5.96. The molecule has 0 bridgehead atoms. The number of halogens is 1. The summed E-state index contributed by atoms with van der Waals surface area (Å²) in [5.74, 6) is 1.43. The summed E-state index contributed by atoms with van der Waals surface area (Å²) in [6.07, 6.45) is 6.66. The molecule has 8 nitrogen and oxygen atoms in total. The van der Waals surface area contributed by atoms with Gasteiger partial charge in [0.15, 0.2) is 5.82 Å². The van der Waals surface area contributed by atoms with Crippen molar-refractivity contribution in [3.05, 3.63) is 64.1 Å². The van der Waals surface area contributed by atoms with E-state index in [-0.39, 0.29) is 11.6 Å². The third-order valence-electron chi connectivity index (χ3n) is 5.90. The summed E-state index contributed by atoms with van der Waals surface area (Å²) in [5.41, 5.74) is 2.08. The third-order valence-corrected chi connectivity index (χ3v) is 6.21. The molecule has 0 spiro atoms. The Hall–Kier alpha value is -3.10. The predicted molar refractivity (Wildman–Crippen MR) is 126 cm³/mol. The van der Waals surface area contributed by atoms with Crippen LogP contribution >= 0.6 is 11.6 Å². The van der Waals surface area contributed by atoms with Crippen LogP contribution < -0.4 is 16.2 Å². The molecule has 1 aromatic carbocycles. The van der Waals surface area contributed by atoms with Crippen molar-refractivity contribution in [3.63, 3.8) is 0 Å². The summed E-state index contributed by atoms with van der Waals surface area (Å²) < 4.78 is 1.87. The van der Waals surface area contributed by atoms with E-state index in [2.05, 4.69) is 25.6 Å². The number of aromatic nitrogens is 5. The molecule has 0 aliphatic carbocycles. The quantitative estimate of drug-likeness (QED) is 0.482. The molecule has 0 saturated carbocycles. The minimum absolute atomic E-state index is 0.0587. The fraction of sp³-hybridized carbons (Fsp3) is 0.348. The first-order chi connectivity index (χ1) is 15.7. The molecule has 164 valence electrons. The molecule has 1 aliphatic heterocycles. The van der Waals surface area contributed by atoms with Gasteiger partial charge in [-0.2, -0.15) is 0 Å². The first-order valence-corrected chi connectivity index (χ1v) is 11.3. The molecule has 2 N–H and O–H groups in total. The standard InChI is InChI=1S/C23H24ClN7O/c24-16-5-1-6-17-20(16)23(32)31(15-4-2-10-25-12-8-15)19(30-17)9-13-27-22-21-18(28-14-29-22)7-3-11-26-21/h1,3,5-7,11,14-15,25H,2,4,8-10,12-13H2,(H,27,28,29). The van der Waals surface area contributed by atoms with Crippen molar-refractivity contribution in [2.45, 2.75) is 31.7 Å². The second-order valence-electron chi connectivity index (χ2n) is 7.94. The lowest BCUT2D eigenvalue weighted by Crippen LogP contribution is -2.31. The summed E-state index contributed by atoms with van der Waals surface area (Å²) in [5, 5.41) is 7.71. The molecule has 3 aromatic heterocycles. The molecule has 1 unspecified atom stereocenters. The molecule has 5 rings (SSSR count). The summed E-state index contributed by atoms with van der Waals surface area (Å²) in [4.78, 5) is 31.4. The zero-order chi connectivity index (χ0) is 21.9. The lowest BCUT2D eigenvalue weighted by molar-refractivity contribution is 0.424. The first-order valence-electron chi connectivity index (χ1n) is 10.9. The van der Waals surface area contributed by atoms with E-state index in [9.17, 15) is 4.79 Å². The minimum Gasteiger partial charge on any atom is -0.368 e. The van der Waals surface area contributed by atoms with Gasteiger partial charge in [-0.15, -0.1) is 0 Å². The third kappa shape index (κ3) is 4.03. The zero-order valence-corrected chi connectivity index (χ0v) is 18.3. The number of hydrogen-bond acceptors (Lipinski definition) is 7. The van der Waals surface area contributed by atoms with Crippen molar-refractivity contribution in [1.29, 1.82) is 0 Å². The summed E-state index contributed by atoms with van der Waals surface area (Å²) in [7, 11) is 0. The van der Waals surface area contributed by atoms with E-state index in [4.69, 9.17) is 16.6 Å². The molecule has 32 heavy (non-hydrogen) atoms. The van der Waals surface area contributed by atoms with E-state index in [0.717, 1.165) is 49.2 Å². The molecular weight excluding hydrogens is 426 g/mol. The van der Waals surface area contributed by atoms with Gasteiger partial charge in [0.25, 0.3) is 5.56 Å². The topological polar surface area (TPSA) is 97.6 Å². The SMILES string of the molecule is O=c1c2c(Cl)cccc2nc(CCNc2ncnc3cccnc23)n1C1CCCNCC1. The Morgan fingerprint density at radius 3 is 2.94 bits per heavy atom. The number of rotatable bonds is 5. The molecular formula is C23H24ClN7O. The van der Waals surface area contributed by atoms with Crippen LogP contribution in [-0.2, 0) is 6.42 Å². The number of nitrogens with one attached hydrogen (secondary N) is 2. The van der Waals surface area contributed by atoms with Crippen LogP contribution in [0.5, 0.6) is 0 Å². The average Bonchev–Trinajstić information content (AvgIpc) is 3.09. The normalized spacial score (nSPS) is 16.8. The van der Waals surface area contributed by atoms with Crippen molar-refractivity contribution in [2.24, 2.45) is 0 Å². The van der Waals surface area contributed by atoms with Crippen molar-refractivity contribution >= 4 is 39.4 Å². The maximum Gasteiger partial charge on any atom is 0.263 e. The number of anilines is 1. The van der Waals surface area contributed by atoms with Gasteiger partial charge in [0, 0.05) is 25.2 Å². The monoisotopic (exact) mass is 449 g/mol. The highest BCUT2D eigenvalue weighted by molar-refractivity contribution is 6.35. The molecule has 0 radical (unpaired) electrons. The fourth-order valence-electron chi connectivity index (χ4n) is 4.38. The van der Waals surface area contributed by atoms with E-state index < -0.39 is 0 Å². The van der Waals surface area contributed by atoms with E-state index in [1.54, 1.807) is 12.3 Å². The maximum atomic E-state index is 13.6. The second-order valence-corrected chi connectivity index (χ2v) is 8.35. The van der Waals surface area contributed by atoms with Crippen LogP contribution in [0.2, 0.25) is 5.02 Å². The Balaban J connectivity index is 1.49. The Morgan fingerprint density at radius 1 is 1.09 bits per heavy atom. The summed E-state index contributed by atoms with van der Waals surface area (Å²) in [6.45, 7) is 2.41. The first kappa shape index (κ1) is 20.8. The molecule has 9 heteroatoms. The van der Waals surface area contributed by atoms with E-state index in [1.807, 2.05) is 28.8 Å². The van der Waals surface area contributed by atoms with Gasteiger partial charge in [0.1, 0.15) is 17.7 Å². The van der Waals surface area contributed by atoms with Gasteiger partial charge in [-0.1, -0.05) is 17.7 Å². The number of benzene rings is 1. The van der Waals surface area contributed by atoms with E-state index in [0.29, 0.717) is 34.7 Å².